The van der Waals surface area contributed by atoms with E-state index in [1.807, 2.05) is 0 Å². The van der Waals surface area contributed by atoms with Crippen LogP contribution in [0.15, 0.2) is 24.3 Å². The van der Waals surface area contributed by atoms with Crippen LogP contribution >= 0.6 is 0 Å². The van der Waals surface area contributed by atoms with E-state index in [1.54, 1.807) is 20.8 Å². The quantitative estimate of drug-likeness (QED) is 0.781. The van der Waals surface area contributed by atoms with Gasteiger partial charge in [-0.25, -0.2) is 13.8 Å². The lowest BCUT2D eigenvalue weighted by Crippen LogP contribution is -2.26. The predicted molar refractivity (Wildman–Crippen MR) is 65.2 cm³/mol. The van der Waals surface area contributed by atoms with Crippen molar-refractivity contribution in [3.05, 3.63) is 30.1 Å². The Morgan fingerprint density at radius 3 is 2.61 bits per heavy atom. The van der Waals surface area contributed by atoms with Gasteiger partial charge < -0.3 is 9.84 Å². The van der Waals surface area contributed by atoms with Gasteiger partial charge in [0.1, 0.15) is 11.4 Å². The molecule has 0 amide bonds. The average Bonchev–Trinajstić information content (AvgIpc) is 2.50. The first-order valence-corrected chi connectivity index (χ1v) is 5.51. The second-order valence-electron chi connectivity index (χ2n) is 5.02. The van der Waals surface area contributed by atoms with Crippen molar-refractivity contribution in [1.82, 2.24) is 4.57 Å². The van der Waals surface area contributed by atoms with Gasteiger partial charge in [0, 0.05) is 11.5 Å². The van der Waals surface area contributed by atoms with Gasteiger partial charge in [-0.3, -0.25) is 0 Å². The summed E-state index contributed by atoms with van der Waals surface area (Å²) >= 11 is 0. The molecule has 18 heavy (non-hydrogen) atoms. The van der Waals surface area contributed by atoms with E-state index in [4.69, 9.17) is 4.74 Å². The van der Waals surface area contributed by atoms with E-state index in [2.05, 4.69) is 0 Å². The Kier molecular flexibility index (Phi) is 2.77. The molecule has 0 spiro atoms. The fourth-order valence-corrected chi connectivity index (χ4v) is 1.66. The van der Waals surface area contributed by atoms with Crippen molar-refractivity contribution in [2.45, 2.75) is 26.4 Å². The smallest absolute Gasteiger partial charge is 0.421 e. The highest BCUT2D eigenvalue weighted by atomic mass is 19.1. The molecule has 0 saturated heterocycles. The van der Waals surface area contributed by atoms with Crippen LogP contribution in [0.3, 0.4) is 0 Å². The zero-order chi connectivity index (χ0) is 13.5. The maximum absolute atomic E-state index is 13.2. The van der Waals surface area contributed by atoms with Crippen molar-refractivity contribution >= 4 is 17.0 Å². The van der Waals surface area contributed by atoms with Crippen molar-refractivity contribution < 1.29 is 19.0 Å². The number of fused-ring (bicyclic) bond motifs is 1. The van der Waals surface area contributed by atoms with Crippen molar-refractivity contribution in [3.8, 4) is 5.88 Å². The molecule has 0 radical (unpaired) electrons. The summed E-state index contributed by atoms with van der Waals surface area (Å²) in [6.45, 7) is 5.15. The van der Waals surface area contributed by atoms with Gasteiger partial charge in [-0.1, -0.05) is 0 Å². The van der Waals surface area contributed by atoms with Crippen molar-refractivity contribution in [3.63, 3.8) is 0 Å². The standard InChI is InChI=1S/C13H14FNO3/c1-13(2,3)18-12(17)15-10-7-9(14)5-4-8(10)6-11(15)16/h4-7,16H,1-3H3. The molecular weight excluding hydrogens is 237 g/mol. The molecular formula is C13H14FNO3. The second-order valence-corrected chi connectivity index (χ2v) is 5.02. The molecule has 0 aliphatic rings. The number of hydrogen-bond donors (Lipinski definition) is 1. The van der Waals surface area contributed by atoms with Crippen LogP contribution in [-0.4, -0.2) is 21.4 Å². The predicted octanol–water partition coefficient (Wildman–Crippen LogP) is 3.27. The van der Waals surface area contributed by atoms with E-state index < -0.39 is 17.5 Å². The highest BCUT2D eigenvalue weighted by molar-refractivity contribution is 5.92. The van der Waals surface area contributed by atoms with Crippen LogP contribution in [0.2, 0.25) is 0 Å². The SMILES string of the molecule is CC(C)(C)OC(=O)n1c(O)cc2ccc(F)cc21. The molecule has 1 aromatic carbocycles. The zero-order valence-electron chi connectivity index (χ0n) is 10.4. The fraction of sp³-hybridized carbons (Fsp3) is 0.308. The van der Waals surface area contributed by atoms with Crippen molar-refractivity contribution in [2.75, 3.05) is 0 Å². The van der Waals surface area contributed by atoms with Gasteiger partial charge in [-0.2, -0.15) is 0 Å². The number of carbonyl (C=O) groups excluding carboxylic acids is 1. The molecule has 0 aliphatic carbocycles. The topological polar surface area (TPSA) is 51.5 Å². The fourth-order valence-electron chi connectivity index (χ4n) is 1.66. The Hall–Kier alpha value is -2.04. The Balaban J connectivity index is 2.53. The molecule has 0 aliphatic heterocycles. The minimum atomic E-state index is -0.736. The van der Waals surface area contributed by atoms with Crippen molar-refractivity contribution in [2.24, 2.45) is 0 Å². The number of halogens is 1. The number of aromatic hydroxyl groups is 1. The van der Waals surface area contributed by atoms with Gasteiger partial charge in [0.05, 0.1) is 5.52 Å². The highest BCUT2D eigenvalue weighted by Crippen LogP contribution is 2.26. The molecule has 1 heterocycles. The highest BCUT2D eigenvalue weighted by Gasteiger charge is 2.22. The maximum Gasteiger partial charge on any atom is 0.421 e. The number of rotatable bonds is 0. The van der Waals surface area contributed by atoms with Crippen LogP contribution in [0.25, 0.3) is 10.9 Å². The molecule has 2 rings (SSSR count). The Bertz CT molecular complexity index is 610. The summed E-state index contributed by atoms with van der Waals surface area (Å²) in [5.74, 6) is -0.754. The van der Waals surface area contributed by atoms with Gasteiger partial charge in [-0.15, -0.1) is 0 Å². The first-order valence-electron chi connectivity index (χ1n) is 5.51. The van der Waals surface area contributed by atoms with E-state index in [0.717, 1.165) is 4.57 Å². The van der Waals surface area contributed by atoms with Gasteiger partial charge >= 0.3 is 6.09 Å². The lowest BCUT2D eigenvalue weighted by molar-refractivity contribution is 0.0533. The van der Waals surface area contributed by atoms with Gasteiger partial charge in [0.25, 0.3) is 0 Å². The second kappa shape index (κ2) is 4.01. The van der Waals surface area contributed by atoms with Crippen LogP contribution in [0.5, 0.6) is 5.88 Å². The normalized spacial score (nSPS) is 11.8. The first kappa shape index (κ1) is 12.4. The van der Waals surface area contributed by atoms with Crippen LogP contribution in [0, 0.1) is 5.82 Å². The Morgan fingerprint density at radius 1 is 1.33 bits per heavy atom. The van der Waals surface area contributed by atoms with Gasteiger partial charge in [0.15, 0.2) is 0 Å². The molecule has 1 aromatic heterocycles. The third kappa shape index (κ3) is 2.30. The largest absolute Gasteiger partial charge is 0.494 e. The number of hydrogen-bond acceptors (Lipinski definition) is 3. The monoisotopic (exact) mass is 251 g/mol. The Labute approximate surface area is 104 Å². The van der Waals surface area contributed by atoms with E-state index >= 15 is 0 Å². The third-order valence-corrected chi connectivity index (χ3v) is 2.32. The molecule has 0 fully saturated rings. The zero-order valence-corrected chi connectivity index (χ0v) is 10.4. The molecule has 4 nitrogen and oxygen atoms in total. The van der Waals surface area contributed by atoms with E-state index in [0.29, 0.717) is 5.39 Å². The van der Waals surface area contributed by atoms with Crippen LogP contribution in [-0.2, 0) is 4.74 Å². The third-order valence-electron chi connectivity index (χ3n) is 2.32. The molecule has 96 valence electrons. The lowest BCUT2D eigenvalue weighted by atomic mass is 10.2. The maximum atomic E-state index is 13.2. The van der Waals surface area contributed by atoms with E-state index in [1.165, 1.54) is 24.3 Å². The summed E-state index contributed by atoms with van der Waals surface area (Å²) < 4.78 is 19.3. The summed E-state index contributed by atoms with van der Waals surface area (Å²) in [5.41, 5.74) is -0.408. The number of nitrogens with zero attached hydrogens (tertiary/aromatic N) is 1. The summed E-state index contributed by atoms with van der Waals surface area (Å²) in [7, 11) is 0. The minimum Gasteiger partial charge on any atom is -0.494 e. The molecule has 0 atom stereocenters. The summed E-state index contributed by atoms with van der Waals surface area (Å²) in [6, 6.07) is 5.32. The molecule has 0 saturated carbocycles. The summed E-state index contributed by atoms with van der Waals surface area (Å²) in [6.07, 6.45) is -0.736. The lowest BCUT2D eigenvalue weighted by Gasteiger charge is -2.20. The summed E-state index contributed by atoms with van der Waals surface area (Å²) in [4.78, 5) is 11.9. The van der Waals surface area contributed by atoms with Crippen LogP contribution in [0.1, 0.15) is 20.8 Å². The van der Waals surface area contributed by atoms with E-state index in [9.17, 15) is 14.3 Å². The molecule has 1 N–H and O–H groups in total. The molecule has 0 bridgehead atoms. The number of ether oxygens (including phenoxy) is 1. The Morgan fingerprint density at radius 2 is 2.00 bits per heavy atom. The first-order chi connectivity index (χ1) is 8.28. The van der Waals surface area contributed by atoms with Crippen LogP contribution in [0.4, 0.5) is 9.18 Å². The number of aromatic nitrogens is 1. The number of carbonyl (C=O) groups is 1. The van der Waals surface area contributed by atoms with Crippen molar-refractivity contribution in [1.29, 1.82) is 0 Å². The number of benzene rings is 1. The average molecular weight is 251 g/mol. The minimum absolute atomic E-state index is 0.273. The molecule has 2 aromatic rings. The molecule has 0 unspecified atom stereocenters. The van der Waals surface area contributed by atoms with Gasteiger partial charge in [-0.05, 0) is 39.0 Å². The van der Waals surface area contributed by atoms with Crippen LogP contribution < -0.4 is 0 Å². The van der Waals surface area contributed by atoms with Gasteiger partial charge in [0.2, 0.25) is 5.88 Å². The molecule has 5 heteroatoms. The summed E-state index contributed by atoms with van der Waals surface area (Å²) in [5, 5.41) is 10.3. The van der Waals surface area contributed by atoms with E-state index in [-0.39, 0.29) is 11.4 Å².